The zero-order chi connectivity index (χ0) is 16.9. The molecule has 1 atom stereocenters. The number of aryl methyl sites for hydroxylation is 1. The van der Waals surface area contributed by atoms with E-state index < -0.39 is 0 Å². The predicted molar refractivity (Wildman–Crippen MR) is 104 cm³/mol. The van der Waals surface area contributed by atoms with Crippen molar-refractivity contribution in [1.82, 2.24) is 20.3 Å². The topological polar surface area (TPSA) is 83.2 Å². The molecular weight excluding hydrogens is 437 g/mol. The monoisotopic (exact) mass is 463 g/mol. The first-order valence-corrected chi connectivity index (χ1v) is 8.45. The number of nitrogens with zero attached hydrogens (tertiary/aromatic N) is 4. The maximum atomic E-state index is 12.4. The number of hydrogen-bond acceptors (Lipinski definition) is 5. The fourth-order valence-corrected chi connectivity index (χ4v) is 3.11. The van der Waals surface area contributed by atoms with Gasteiger partial charge >= 0.3 is 0 Å². The van der Waals surface area contributed by atoms with Crippen LogP contribution in [0.5, 0.6) is 0 Å². The molecule has 3 heterocycles. The van der Waals surface area contributed by atoms with Gasteiger partial charge in [0.25, 0.3) is 5.91 Å². The molecule has 0 aliphatic carbocycles. The summed E-state index contributed by atoms with van der Waals surface area (Å²) >= 11 is 0. The van der Waals surface area contributed by atoms with Gasteiger partial charge in [0.15, 0.2) is 11.7 Å². The van der Waals surface area contributed by atoms with Gasteiger partial charge in [-0.1, -0.05) is 5.16 Å². The Morgan fingerprint density at radius 3 is 2.64 bits per heavy atom. The van der Waals surface area contributed by atoms with Crippen LogP contribution in [0, 0.1) is 6.92 Å². The third-order valence-corrected chi connectivity index (χ3v) is 4.41. The van der Waals surface area contributed by atoms with Gasteiger partial charge < -0.3 is 24.4 Å². The van der Waals surface area contributed by atoms with E-state index in [-0.39, 0.29) is 36.0 Å². The van der Waals surface area contributed by atoms with Gasteiger partial charge in [-0.2, -0.15) is 0 Å². The normalized spacial score (nSPS) is 21.2. The Hall–Kier alpha value is -1.36. The van der Waals surface area contributed by atoms with Crippen LogP contribution < -0.4 is 5.32 Å². The van der Waals surface area contributed by atoms with Gasteiger partial charge in [0.2, 0.25) is 0 Å². The number of hydrogen-bond donors (Lipinski definition) is 1. The van der Waals surface area contributed by atoms with Gasteiger partial charge in [0.1, 0.15) is 6.10 Å². The molecule has 2 aliphatic heterocycles. The lowest BCUT2D eigenvalue weighted by Crippen LogP contribution is -2.55. The second-order valence-corrected chi connectivity index (χ2v) is 6.15. The van der Waals surface area contributed by atoms with Gasteiger partial charge in [-0.25, -0.2) is 0 Å². The summed E-state index contributed by atoms with van der Waals surface area (Å²) in [7, 11) is 1.76. The fraction of sp³-hybridized carbons (Fsp3) is 0.688. The maximum absolute atomic E-state index is 12.4. The standard InChI is InChI=1S/C16H25N5O3.HI/c1-12-10-13(24-19-12)11-18-16(17-2)21-7-5-20(6-8-21)15(22)14-4-3-9-23-14;/h10,14H,3-9,11H2,1-2H3,(H,17,18);1H. The van der Waals surface area contributed by atoms with Crippen LogP contribution in [-0.2, 0) is 16.1 Å². The molecule has 3 rings (SSSR count). The lowest BCUT2D eigenvalue weighted by Gasteiger charge is -2.37. The van der Waals surface area contributed by atoms with Gasteiger partial charge in [0.05, 0.1) is 12.2 Å². The summed E-state index contributed by atoms with van der Waals surface area (Å²) < 4.78 is 10.7. The quantitative estimate of drug-likeness (QED) is 0.409. The van der Waals surface area contributed by atoms with Crippen molar-refractivity contribution in [3.05, 3.63) is 17.5 Å². The van der Waals surface area contributed by atoms with Crippen molar-refractivity contribution in [3.63, 3.8) is 0 Å². The molecule has 0 spiro atoms. The average Bonchev–Trinajstić information content (AvgIpc) is 3.27. The number of carbonyl (C=O) groups is 1. The SMILES string of the molecule is CN=C(NCc1cc(C)no1)N1CCN(C(=O)C2CCCO2)CC1.I. The lowest BCUT2D eigenvalue weighted by molar-refractivity contribution is -0.142. The number of rotatable bonds is 3. The summed E-state index contributed by atoms with van der Waals surface area (Å²) in [4.78, 5) is 20.8. The molecule has 0 aromatic carbocycles. The van der Waals surface area contributed by atoms with Gasteiger partial charge in [-0.05, 0) is 19.8 Å². The largest absolute Gasteiger partial charge is 0.368 e. The minimum absolute atomic E-state index is 0. The molecule has 2 saturated heterocycles. The number of halogens is 1. The Morgan fingerprint density at radius 1 is 1.36 bits per heavy atom. The molecule has 1 unspecified atom stereocenters. The van der Waals surface area contributed by atoms with Gasteiger partial charge in [-0.3, -0.25) is 9.79 Å². The Bertz CT molecular complexity index is 592. The first kappa shape index (κ1) is 20.0. The lowest BCUT2D eigenvalue weighted by atomic mass is 10.2. The van der Waals surface area contributed by atoms with Crippen LogP contribution >= 0.6 is 24.0 Å². The molecule has 2 aliphatic rings. The molecule has 2 fully saturated rings. The minimum Gasteiger partial charge on any atom is -0.368 e. The Balaban J connectivity index is 0.00000225. The Morgan fingerprint density at radius 2 is 2.08 bits per heavy atom. The number of nitrogens with one attached hydrogen (secondary N) is 1. The van der Waals surface area contributed by atoms with E-state index in [9.17, 15) is 4.79 Å². The molecule has 0 radical (unpaired) electrons. The number of guanidine groups is 1. The molecule has 1 aromatic rings. The molecule has 140 valence electrons. The predicted octanol–water partition coefficient (Wildman–Crippen LogP) is 1.000. The zero-order valence-corrected chi connectivity index (χ0v) is 17.1. The summed E-state index contributed by atoms with van der Waals surface area (Å²) in [5, 5.41) is 7.16. The highest BCUT2D eigenvalue weighted by atomic mass is 127. The van der Waals surface area contributed by atoms with Crippen molar-refractivity contribution in [2.75, 3.05) is 39.8 Å². The summed E-state index contributed by atoms with van der Waals surface area (Å²) in [5.41, 5.74) is 0.864. The molecule has 1 aromatic heterocycles. The third kappa shape index (κ3) is 5.06. The van der Waals surface area contributed by atoms with Crippen molar-refractivity contribution in [1.29, 1.82) is 0 Å². The van der Waals surface area contributed by atoms with Gasteiger partial charge in [0, 0.05) is 45.9 Å². The second kappa shape index (κ2) is 9.37. The van der Waals surface area contributed by atoms with E-state index in [0.717, 1.165) is 43.3 Å². The molecule has 1 amide bonds. The molecule has 0 bridgehead atoms. The number of piperazine rings is 1. The van der Waals surface area contributed by atoms with E-state index in [1.165, 1.54) is 0 Å². The minimum atomic E-state index is -0.233. The first-order valence-electron chi connectivity index (χ1n) is 8.45. The van der Waals surface area contributed by atoms with Crippen LogP contribution in [-0.4, -0.2) is 72.8 Å². The molecule has 0 saturated carbocycles. The van der Waals surface area contributed by atoms with Crippen molar-refractivity contribution in [3.8, 4) is 0 Å². The average molecular weight is 463 g/mol. The van der Waals surface area contributed by atoms with Gasteiger partial charge in [-0.15, -0.1) is 24.0 Å². The molecular formula is C16H26IN5O3. The molecule has 9 heteroatoms. The van der Waals surface area contributed by atoms with E-state index in [2.05, 4.69) is 20.4 Å². The zero-order valence-electron chi connectivity index (χ0n) is 14.7. The number of ether oxygens (including phenoxy) is 1. The Labute approximate surface area is 165 Å². The number of aromatic nitrogens is 1. The first-order chi connectivity index (χ1) is 11.7. The summed E-state index contributed by atoms with van der Waals surface area (Å²) in [5.74, 6) is 1.72. The third-order valence-electron chi connectivity index (χ3n) is 4.41. The fourth-order valence-electron chi connectivity index (χ4n) is 3.11. The summed E-state index contributed by atoms with van der Waals surface area (Å²) in [6.45, 7) is 6.05. The van der Waals surface area contributed by atoms with Crippen LogP contribution in [0.4, 0.5) is 0 Å². The van der Waals surface area contributed by atoms with Crippen molar-refractivity contribution >= 4 is 35.8 Å². The highest BCUT2D eigenvalue weighted by Crippen LogP contribution is 2.16. The van der Waals surface area contributed by atoms with Crippen LogP contribution in [0.15, 0.2) is 15.6 Å². The van der Waals surface area contributed by atoms with Crippen LogP contribution in [0.1, 0.15) is 24.3 Å². The van der Waals surface area contributed by atoms with Crippen LogP contribution in [0.25, 0.3) is 0 Å². The van der Waals surface area contributed by atoms with E-state index in [1.807, 2.05) is 17.9 Å². The maximum Gasteiger partial charge on any atom is 0.251 e. The number of carbonyl (C=O) groups excluding carboxylic acids is 1. The van der Waals surface area contributed by atoms with E-state index in [1.54, 1.807) is 7.05 Å². The van der Waals surface area contributed by atoms with Crippen molar-refractivity contribution in [2.45, 2.75) is 32.4 Å². The van der Waals surface area contributed by atoms with E-state index >= 15 is 0 Å². The second-order valence-electron chi connectivity index (χ2n) is 6.15. The molecule has 8 nitrogen and oxygen atoms in total. The molecule has 1 N–H and O–H groups in total. The number of amides is 1. The van der Waals surface area contributed by atoms with Crippen molar-refractivity contribution in [2.24, 2.45) is 4.99 Å². The molecule has 25 heavy (non-hydrogen) atoms. The van der Waals surface area contributed by atoms with E-state index in [4.69, 9.17) is 9.26 Å². The highest BCUT2D eigenvalue weighted by Gasteiger charge is 2.30. The number of aliphatic imine (C=N–C) groups is 1. The van der Waals surface area contributed by atoms with Crippen LogP contribution in [0.2, 0.25) is 0 Å². The highest BCUT2D eigenvalue weighted by molar-refractivity contribution is 14.0. The smallest absolute Gasteiger partial charge is 0.251 e. The van der Waals surface area contributed by atoms with E-state index in [0.29, 0.717) is 26.2 Å². The summed E-state index contributed by atoms with van der Waals surface area (Å²) in [6, 6.07) is 1.90. The van der Waals surface area contributed by atoms with Crippen molar-refractivity contribution < 1.29 is 14.1 Å². The Kier molecular flexibility index (Phi) is 7.48. The summed E-state index contributed by atoms with van der Waals surface area (Å²) in [6.07, 6.45) is 1.59. The van der Waals surface area contributed by atoms with Crippen LogP contribution in [0.3, 0.4) is 0 Å².